The molecule has 4 aliphatic rings. The second-order valence-corrected chi connectivity index (χ2v) is 8.43. The summed E-state index contributed by atoms with van der Waals surface area (Å²) >= 11 is 0. The third-order valence-corrected chi connectivity index (χ3v) is 6.09. The molecule has 0 saturated heterocycles. The summed E-state index contributed by atoms with van der Waals surface area (Å²) in [5.41, 5.74) is -0.718. The first-order valence-corrected chi connectivity index (χ1v) is 8.57. The minimum atomic E-state index is -5.56. The van der Waals surface area contributed by atoms with Gasteiger partial charge in [-0.2, -0.15) is 17.2 Å². The first kappa shape index (κ1) is 18.6. The van der Waals surface area contributed by atoms with Crippen LogP contribution in [-0.4, -0.2) is 60.4 Å². The third kappa shape index (κ3) is 3.22. The standard InChI is InChI=1S/C13H18F2O5S.Na.H/c14-13(15,21(17,18)19)7-20-11(16)12-4-8-1-9(5-12)3-10(2-8)6-12;;/h8-10H,1-7H2,(H,17,18,19);;. The Kier molecular flexibility index (Phi) is 5.02. The molecule has 4 rings (SSSR count). The fourth-order valence-electron chi connectivity index (χ4n) is 4.74. The summed E-state index contributed by atoms with van der Waals surface area (Å²) in [6.45, 7) is -1.62. The topological polar surface area (TPSA) is 80.7 Å². The van der Waals surface area contributed by atoms with E-state index in [2.05, 4.69) is 4.74 Å². The van der Waals surface area contributed by atoms with Crippen LogP contribution in [0.15, 0.2) is 0 Å². The van der Waals surface area contributed by atoms with Gasteiger partial charge in [-0.25, -0.2) is 0 Å². The number of hydrogen-bond acceptors (Lipinski definition) is 4. The first-order valence-electron chi connectivity index (χ1n) is 7.13. The Labute approximate surface area is 150 Å². The quantitative estimate of drug-likeness (QED) is 0.474. The number of esters is 1. The van der Waals surface area contributed by atoms with Crippen molar-refractivity contribution in [3.8, 4) is 0 Å². The average molecular weight is 348 g/mol. The molecule has 0 atom stereocenters. The van der Waals surface area contributed by atoms with Gasteiger partial charge in [0.2, 0.25) is 0 Å². The number of rotatable bonds is 4. The second kappa shape index (κ2) is 5.95. The van der Waals surface area contributed by atoms with E-state index in [4.69, 9.17) is 4.55 Å². The van der Waals surface area contributed by atoms with Gasteiger partial charge >= 0.3 is 50.9 Å². The number of carbonyl (C=O) groups is 1. The van der Waals surface area contributed by atoms with Crippen molar-refractivity contribution in [3.05, 3.63) is 0 Å². The van der Waals surface area contributed by atoms with Crippen LogP contribution in [0.1, 0.15) is 38.5 Å². The molecule has 4 bridgehead atoms. The molecule has 22 heavy (non-hydrogen) atoms. The van der Waals surface area contributed by atoms with Gasteiger partial charge in [-0.05, 0) is 56.3 Å². The van der Waals surface area contributed by atoms with Crippen LogP contribution in [0.5, 0.6) is 0 Å². The Morgan fingerprint density at radius 3 is 1.91 bits per heavy atom. The van der Waals surface area contributed by atoms with Crippen molar-refractivity contribution in [1.29, 1.82) is 0 Å². The van der Waals surface area contributed by atoms with Crippen LogP contribution in [0.3, 0.4) is 0 Å². The Hall–Kier alpha value is 0.240. The maximum atomic E-state index is 13.1. The minimum absolute atomic E-state index is 0. The molecule has 0 spiro atoms. The number of carbonyl (C=O) groups excluding carboxylic acids is 1. The van der Waals surface area contributed by atoms with E-state index >= 15 is 0 Å². The van der Waals surface area contributed by atoms with Crippen molar-refractivity contribution in [2.24, 2.45) is 23.2 Å². The normalized spacial score (nSPS) is 36.8. The third-order valence-electron chi connectivity index (χ3n) is 5.22. The number of ether oxygens (including phenoxy) is 1. The van der Waals surface area contributed by atoms with E-state index in [1.807, 2.05) is 0 Å². The number of alkyl halides is 2. The predicted molar refractivity (Wildman–Crippen MR) is 75.2 cm³/mol. The zero-order chi connectivity index (χ0) is 15.5. The molecular formula is C13H19F2NaO5S. The monoisotopic (exact) mass is 348 g/mol. The van der Waals surface area contributed by atoms with Crippen molar-refractivity contribution in [3.63, 3.8) is 0 Å². The van der Waals surface area contributed by atoms with Crippen molar-refractivity contribution >= 4 is 45.6 Å². The van der Waals surface area contributed by atoms with Gasteiger partial charge in [0.05, 0.1) is 5.41 Å². The molecule has 4 saturated carbocycles. The fourth-order valence-corrected chi connectivity index (χ4v) is 4.95. The molecule has 4 aliphatic carbocycles. The summed E-state index contributed by atoms with van der Waals surface area (Å²) in [5.74, 6) is 0.618. The van der Waals surface area contributed by atoms with Crippen molar-refractivity contribution < 1.29 is 31.3 Å². The second-order valence-electron chi connectivity index (χ2n) is 6.89. The molecule has 9 heteroatoms. The number of halogens is 2. The van der Waals surface area contributed by atoms with Gasteiger partial charge in [0.25, 0.3) is 0 Å². The van der Waals surface area contributed by atoms with Gasteiger partial charge in [0.1, 0.15) is 0 Å². The van der Waals surface area contributed by atoms with Crippen LogP contribution >= 0.6 is 0 Å². The number of hydrogen-bond donors (Lipinski definition) is 1. The Balaban J connectivity index is 0.00000176. The van der Waals surface area contributed by atoms with Crippen molar-refractivity contribution in [1.82, 2.24) is 0 Å². The summed E-state index contributed by atoms with van der Waals surface area (Å²) in [7, 11) is -5.56. The molecule has 0 radical (unpaired) electrons. The molecule has 0 aromatic rings. The molecule has 0 aromatic heterocycles. The van der Waals surface area contributed by atoms with Crippen LogP contribution in [0, 0.1) is 23.2 Å². The van der Waals surface area contributed by atoms with Crippen LogP contribution in [0.2, 0.25) is 0 Å². The molecule has 0 heterocycles. The molecule has 4 fully saturated rings. The van der Waals surface area contributed by atoms with E-state index in [-0.39, 0.29) is 29.6 Å². The summed E-state index contributed by atoms with van der Waals surface area (Å²) in [6, 6.07) is 0. The average Bonchev–Trinajstić information content (AvgIpc) is 2.32. The summed E-state index contributed by atoms with van der Waals surface area (Å²) in [4.78, 5) is 12.2. The summed E-state index contributed by atoms with van der Waals surface area (Å²) in [6.07, 6.45) is 5.22. The van der Waals surface area contributed by atoms with E-state index in [1.165, 1.54) is 0 Å². The summed E-state index contributed by atoms with van der Waals surface area (Å²) < 4.78 is 60.4. The predicted octanol–water partition coefficient (Wildman–Crippen LogP) is 1.58. The van der Waals surface area contributed by atoms with Crippen molar-refractivity contribution in [2.45, 2.75) is 43.8 Å². The van der Waals surface area contributed by atoms with E-state index in [0.717, 1.165) is 19.3 Å². The van der Waals surface area contributed by atoms with Gasteiger partial charge in [-0.15, -0.1) is 0 Å². The van der Waals surface area contributed by atoms with Crippen LogP contribution in [-0.2, 0) is 19.6 Å². The Bertz CT molecular complexity index is 527. The van der Waals surface area contributed by atoms with Crippen molar-refractivity contribution in [2.75, 3.05) is 6.61 Å². The molecule has 0 amide bonds. The fraction of sp³-hybridized carbons (Fsp3) is 0.923. The molecule has 1 N–H and O–H groups in total. The molecule has 122 valence electrons. The van der Waals surface area contributed by atoms with E-state index < -0.39 is 33.4 Å². The molecule has 0 aromatic carbocycles. The van der Waals surface area contributed by atoms with Gasteiger partial charge in [-0.3, -0.25) is 9.35 Å². The van der Waals surface area contributed by atoms with Gasteiger partial charge in [0.15, 0.2) is 6.61 Å². The Morgan fingerprint density at radius 2 is 1.55 bits per heavy atom. The van der Waals surface area contributed by atoms with Gasteiger partial charge in [0, 0.05) is 0 Å². The van der Waals surface area contributed by atoms with E-state index in [9.17, 15) is 22.0 Å². The van der Waals surface area contributed by atoms with Crippen LogP contribution < -0.4 is 0 Å². The molecule has 0 unspecified atom stereocenters. The maximum absolute atomic E-state index is 13.1. The molecular weight excluding hydrogens is 329 g/mol. The van der Waals surface area contributed by atoms with Gasteiger partial charge < -0.3 is 4.74 Å². The molecule has 5 nitrogen and oxygen atoms in total. The van der Waals surface area contributed by atoms with Crippen LogP contribution in [0.25, 0.3) is 0 Å². The van der Waals surface area contributed by atoms with E-state index in [1.54, 1.807) is 0 Å². The summed E-state index contributed by atoms with van der Waals surface area (Å²) in [5, 5.41) is -4.45. The SMILES string of the molecule is O=C(OCC(F)(F)S(=O)(=O)O)C12CC3CC(CC(C3)C1)C2.[NaH]. The van der Waals surface area contributed by atoms with Crippen LogP contribution in [0.4, 0.5) is 8.78 Å². The Morgan fingerprint density at radius 1 is 1.14 bits per heavy atom. The first-order chi connectivity index (χ1) is 9.61. The molecule has 0 aliphatic heterocycles. The van der Waals surface area contributed by atoms with E-state index in [0.29, 0.717) is 37.0 Å². The van der Waals surface area contributed by atoms with Gasteiger partial charge in [-0.1, -0.05) is 0 Å². The zero-order valence-corrected chi connectivity index (χ0v) is 12.2. The zero-order valence-electron chi connectivity index (χ0n) is 11.4.